The van der Waals surface area contributed by atoms with E-state index in [0.717, 1.165) is 56.1 Å². The Hall–Kier alpha value is -2.77. The van der Waals surface area contributed by atoms with Crippen molar-refractivity contribution in [2.75, 3.05) is 25.1 Å². The maximum absolute atomic E-state index is 5.24. The summed E-state index contributed by atoms with van der Waals surface area (Å²) >= 11 is 0. The van der Waals surface area contributed by atoms with Gasteiger partial charge in [0.05, 0.1) is 7.11 Å². The number of aryl methyl sites for hydroxylation is 1. The van der Waals surface area contributed by atoms with Gasteiger partial charge in [-0.05, 0) is 38.2 Å². The van der Waals surface area contributed by atoms with E-state index in [1.54, 1.807) is 13.4 Å². The molecule has 0 N–H and O–H groups in total. The normalized spacial score (nSPS) is 17.7. The van der Waals surface area contributed by atoms with Crippen LogP contribution in [0.5, 0.6) is 5.88 Å². The van der Waals surface area contributed by atoms with Crippen molar-refractivity contribution in [3.8, 4) is 5.88 Å². The largest absolute Gasteiger partial charge is 0.480 e. The van der Waals surface area contributed by atoms with E-state index in [1.165, 1.54) is 17.7 Å². The molecule has 0 atom stereocenters. The average molecular weight is 351 g/mol. The maximum atomic E-state index is 5.24. The lowest BCUT2D eigenvalue weighted by molar-refractivity contribution is 0.386. The number of hydrogen-bond acceptors (Lipinski definition) is 7. The lowest BCUT2D eigenvalue weighted by Gasteiger charge is -2.32. The van der Waals surface area contributed by atoms with Crippen LogP contribution >= 0.6 is 0 Å². The third-order valence-electron chi connectivity index (χ3n) is 5.48. The number of rotatable bonds is 3. The molecule has 2 aliphatic rings. The van der Waals surface area contributed by atoms with Crippen LogP contribution in [-0.4, -0.2) is 50.0 Å². The second kappa shape index (κ2) is 6.19. The van der Waals surface area contributed by atoms with Gasteiger partial charge in [-0.3, -0.25) is 0 Å². The highest BCUT2D eigenvalue weighted by molar-refractivity contribution is 5.51. The van der Waals surface area contributed by atoms with Crippen molar-refractivity contribution in [2.24, 2.45) is 0 Å². The molecule has 8 nitrogen and oxygen atoms in total. The first-order chi connectivity index (χ1) is 12.8. The Bertz CT molecular complexity index is 946. The van der Waals surface area contributed by atoms with Gasteiger partial charge in [-0.15, -0.1) is 15.3 Å². The summed E-state index contributed by atoms with van der Waals surface area (Å²) < 4.78 is 7.06. The molecule has 1 aliphatic heterocycles. The predicted molar refractivity (Wildman–Crippen MR) is 95.6 cm³/mol. The monoisotopic (exact) mass is 351 g/mol. The highest BCUT2D eigenvalue weighted by Gasteiger charge is 2.28. The number of fused-ring (bicyclic) bond motifs is 2. The molecule has 1 saturated heterocycles. The fourth-order valence-electron chi connectivity index (χ4n) is 4.12. The number of ether oxygens (including phenoxy) is 1. The molecule has 26 heavy (non-hydrogen) atoms. The Morgan fingerprint density at radius 3 is 2.81 bits per heavy atom. The maximum Gasteiger partial charge on any atom is 0.231 e. The molecule has 4 heterocycles. The highest BCUT2D eigenvalue weighted by atomic mass is 16.5. The third kappa shape index (κ3) is 2.48. The summed E-state index contributed by atoms with van der Waals surface area (Å²) in [6, 6.07) is 3.70. The smallest absolute Gasteiger partial charge is 0.231 e. The molecule has 0 unspecified atom stereocenters. The van der Waals surface area contributed by atoms with Crippen LogP contribution in [0.25, 0.3) is 5.65 Å². The highest BCUT2D eigenvalue weighted by Crippen LogP contribution is 2.33. The molecule has 0 bridgehead atoms. The minimum absolute atomic E-state index is 0.343. The predicted octanol–water partition coefficient (Wildman–Crippen LogP) is 1.80. The molecule has 8 heteroatoms. The van der Waals surface area contributed by atoms with Crippen molar-refractivity contribution in [3.63, 3.8) is 0 Å². The van der Waals surface area contributed by atoms with Gasteiger partial charge in [-0.25, -0.2) is 9.97 Å². The molecule has 3 aromatic heterocycles. The Kier molecular flexibility index (Phi) is 3.69. The average Bonchev–Trinajstić information content (AvgIpc) is 3.34. The van der Waals surface area contributed by atoms with E-state index in [9.17, 15) is 0 Å². The number of hydrogen-bond donors (Lipinski definition) is 0. The zero-order valence-electron chi connectivity index (χ0n) is 14.8. The summed E-state index contributed by atoms with van der Waals surface area (Å²) in [4.78, 5) is 11.4. The Balaban J connectivity index is 1.37. The van der Waals surface area contributed by atoms with Crippen molar-refractivity contribution in [1.82, 2.24) is 29.8 Å². The summed E-state index contributed by atoms with van der Waals surface area (Å²) in [5.74, 6) is 2.98. The zero-order valence-corrected chi connectivity index (χ0v) is 14.8. The van der Waals surface area contributed by atoms with Gasteiger partial charge in [-0.1, -0.05) is 0 Å². The number of aromatic nitrogens is 6. The molecule has 1 aliphatic carbocycles. The fraction of sp³-hybridized carbons (Fsp3) is 0.500. The van der Waals surface area contributed by atoms with Crippen LogP contribution in [0.3, 0.4) is 0 Å². The van der Waals surface area contributed by atoms with Crippen LogP contribution in [0.15, 0.2) is 18.5 Å². The van der Waals surface area contributed by atoms with Crippen molar-refractivity contribution in [2.45, 2.75) is 38.0 Å². The summed E-state index contributed by atoms with van der Waals surface area (Å²) in [5, 5.41) is 13.1. The first-order valence-electron chi connectivity index (χ1n) is 9.17. The number of anilines is 1. The Labute approximate surface area is 151 Å². The van der Waals surface area contributed by atoms with Crippen LogP contribution in [-0.2, 0) is 12.8 Å². The van der Waals surface area contributed by atoms with Crippen molar-refractivity contribution < 1.29 is 4.74 Å². The zero-order chi connectivity index (χ0) is 17.5. The molecule has 0 amide bonds. The summed E-state index contributed by atoms with van der Waals surface area (Å²) in [6.07, 6.45) is 7.12. The van der Waals surface area contributed by atoms with Crippen LogP contribution in [0.2, 0.25) is 0 Å². The van der Waals surface area contributed by atoms with Gasteiger partial charge in [0, 0.05) is 36.3 Å². The van der Waals surface area contributed by atoms with E-state index >= 15 is 0 Å². The van der Waals surface area contributed by atoms with Crippen molar-refractivity contribution >= 4 is 11.5 Å². The lowest BCUT2D eigenvalue weighted by Crippen LogP contribution is -2.35. The third-order valence-corrected chi connectivity index (χ3v) is 5.48. The first-order valence-corrected chi connectivity index (χ1v) is 9.17. The molecule has 134 valence electrons. The second-order valence-corrected chi connectivity index (χ2v) is 6.94. The Morgan fingerprint density at radius 1 is 1.08 bits per heavy atom. The van der Waals surface area contributed by atoms with E-state index in [-0.39, 0.29) is 0 Å². The van der Waals surface area contributed by atoms with E-state index in [2.05, 4.69) is 30.2 Å². The molecule has 3 aromatic rings. The Morgan fingerprint density at radius 2 is 1.96 bits per heavy atom. The van der Waals surface area contributed by atoms with Gasteiger partial charge in [0.25, 0.3) is 0 Å². The molecular formula is C18H21N7O. The molecule has 5 rings (SSSR count). The first kappa shape index (κ1) is 15.5. The van der Waals surface area contributed by atoms with Gasteiger partial charge in [0.15, 0.2) is 11.5 Å². The van der Waals surface area contributed by atoms with Crippen LogP contribution in [0.4, 0.5) is 5.82 Å². The van der Waals surface area contributed by atoms with Gasteiger partial charge in [0.1, 0.15) is 12.1 Å². The van der Waals surface area contributed by atoms with E-state index in [0.29, 0.717) is 11.8 Å². The van der Waals surface area contributed by atoms with Crippen molar-refractivity contribution in [3.05, 3.63) is 35.5 Å². The van der Waals surface area contributed by atoms with Gasteiger partial charge >= 0.3 is 0 Å². The van der Waals surface area contributed by atoms with Crippen molar-refractivity contribution in [1.29, 1.82) is 0 Å². The van der Waals surface area contributed by atoms with Gasteiger partial charge in [-0.2, -0.15) is 4.52 Å². The van der Waals surface area contributed by atoms with E-state index in [1.807, 2.05) is 16.6 Å². The minimum atomic E-state index is 0.343. The van der Waals surface area contributed by atoms with E-state index in [4.69, 9.17) is 4.74 Å². The van der Waals surface area contributed by atoms with Gasteiger partial charge < -0.3 is 9.64 Å². The van der Waals surface area contributed by atoms with Crippen LogP contribution in [0, 0.1) is 0 Å². The minimum Gasteiger partial charge on any atom is -0.480 e. The molecule has 0 radical (unpaired) electrons. The molecular weight excluding hydrogens is 330 g/mol. The van der Waals surface area contributed by atoms with Crippen LogP contribution in [0.1, 0.15) is 42.3 Å². The second-order valence-electron chi connectivity index (χ2n) is 6.94. The SMILES string of the molecule is COc1ccc2nnc(C3CCN(c4ncnc5c4CCC5)CC3)n2n1. The van der Waals surface area contributed by atoms with Crippen LogP contribution < -0.4 is 9.64 Å². The summed E-state index contributed by atoms with van der Waals surface area (Å²) in [7, 11) is 1.62. The topological polar surface area (TPSA) is 81.3 Å². The number of methoxy groups -OCH3 is 1. The standard InChI is InChI=1S/C18H21N7O/c1-26-16-6-5-15-21-22-17(25(15)23-16)12-7-9-24(10-8-12)18-13-3-2-4-14(13)19-11-20-18/h5-6,11-12H,2-4,7-10H2,1H3. The summed E-state index contributed by atoms with van der Waals surface area (Å²) in [5.41, 5.74) is 3.35. The molecule has 1 fully saturated rings. The summed E-state index contributed by atoms with van der Waals surface area (Å²) in [6.45, 7) is 1.93. The number of nitrogens with zero attached hydrogens (tertiary/aromatic N) is 7. The molecule has 0 spiro atoms. The van der Waals surface area contributed by atoms with Gasteiger partial charge in [0.2, 0.25) is 5.88 Å². The molecule has 0 saturated carbocycles. The fourth-order valence-corrected chi connectivity index (χ4v) is 4.12. The quantitative estimate of drug-likeness (QED) is 0.711. The van der Waals surface area contributed by atoms with E-state index < -0.39 is 0 Å². The number of piperidine rings is 1. The molecule has 0 aromatic carbocycles. The lowest BCUT2D eigenvalue weighted by atomic mass is 9.96.